The summed E-state index contributed by atoms with van der Waals surface area (Å²) in [5.41, 5.74) is 0.874. The lowest BCUT2D eigenvalue weighted by atomic mass is 10.2. The molecule has 2 amide bonds. The number of halogens is 2. The van der Waals surface area contributed by atoms with Gasteiger partial charge in [-0.3, -0.25) is 14.5 Å². The van der Waals surface area contributed by atoms with Crippen molar-refractivity contribution in [3.05, 3.63) is 35.9 Å². The highest BCUT2D eigenvalue weighted by molar-refractivity contribution is 6.47. The predicted molar refractivity (Wildman–Crippen MR) is 61.3 cm³/mol. The highest BCUT2D eigenvalue weighted by Gasteiger charge is 2.45. The number of benzene rings is 1. The zero-order chi connectivity index (χ0) is 11.7. The molecule has 0 spiro atoms. The van der Waals surface area contributed by atoms with Gasteiger partial charge in [-0.25, -0.2) is 0 Å². The molecule has 0 radical (unpaired) electrons. The third-order valence-electron chi connectivity index (χ3n) is 2.44. The zero-order valence-corrected chi connectivity index (χ0v) is 9.78. The minimum absolute atomic E-state index is 0.227. The molecule has 2 atom stereocenters. The van der Waals surface area contributed by atoms with Crippen LogP contribution in [0, 0.1) is 0 Å². The fourth-order valence-corrected chi connectivity index (χ4v) is 2.03. The number of hydrogen-bond acceptors (Lipinski definition) is 2. The van der Waals surface area contributed by atoms with Crippen LogP contribution in [0.4, 0.5) is 0 Å². The van der Waals surface area contributed by atoms with Gasteiger partial charge in [-0.1, -0.05) is 30.3 Å². The quantitative estimate of drug-likeness (QED) is 0.598. The SMILES string of the molecule is O=C1C(Cl)C(Cl)C(=O)N1Cc1ccccc1. The second-order valence-corrected chi connectivity index (χ2v) is 4.49. The van der Waals surface area contributed by atoms with Gasteiger partial charge in [-0.15, -0.1) is 23.2 Å². The molecule has 0 saturated carbocycles. The molecule has 1 aromatic rings. The van der Waals surface area contributed by atoms with Crippen LogP contribution in [-0.4, -0.2) is 27.5 Å². The first-order chi connectivity index (χ1) is 7.61. The third kappa shape index (κ3) is 1.93. The number of carbonyl (C=O) groups excluding carboxylic acids is 2. The second-order valence-electron chi connectivity index (χ2n) is 3.55. The number of amides is 2. The first-order valence-corrected chi connectivity index (χ1v) is 5.66. The Kier molecular flexibility index (Phi) is 3.17. The molecule has 84 valence electrons. The van der Waals surface area contributed by atoms with Crippen molar-refractivity contribution in [2.45, 2.75) is 17.3 Å². The summed E-state index contributed by atoms with van der Waals surface area (Å²) < 4.78 is 0. The van der Waals surface area contributed by atoms with E-state index in [1.165, 1.54) is 0 Å². The number of hydrogen-bond donors (Lipinski definition) is 0. The lowest BCUT2D eigenvalue weighted by Gasteiger charge is -2.13. The van der Waals surface area contributed by atoms with Gasteiger partial charge >= 0.3 is 0 Å². The molecule has 3 nitrogen and oxygen atoms in total. The van der Waals surface area contributed by atoms with Crippen molar-refractivity contribution in [2.24, 2.45) is 0 Å². The van der Waals surface area contributed by atoms with Gasteiger partial charge in [0.05, 0.1) is 6.54 Å². The molecular formula is C11H9Cl2NO2. The van der Waals surface area contributed by atoms with Crippen LogP contribution in [-0.2, 0) is 16.1 Å². The second kappa shape index (κ2) is 4.44. The van der Waals surface area contributed by atoms with Gasteiger partial charge in [0, 0.05) is 0 Å². The predicted octanol–water partition coefficient (Wildman–Crippen LogP) is 1.77. The topological polar surface area (TPSA) is 37.4 Å². The van der Waals surface area contributed by atoms with Gasteiger partial charge in [0.2, 0.25) is 11.8 Å². The molecule has 5 heteroatoms. The third-order valence-corrected chi connectivity index (χ3v) is 3.45. The Morgan fingerprint density at radius 2 is 1.50 bits per heavy atom. The Morgan fingerprint density at radius 1 is 1.00 bits per heavy atom. The Hall–Kier alpha value is -1.06. The number of likely N-dealkylation sites (tertiary alicyclic amines) is 1. The monoisotopic (exact) mass is 257 g/mol. The first-order valence-electron chi connectivity index (χ1n) is 4.78. The van der Waals surface area contributed by atoms with Crippen LogP contribution in [0.3, 0.4) is 0 Å². The van der Waals surface area contributed by atoms with E-state index in [1.54, 1.807) is 0 Å². The Morgan fingerprint density at radius 3 is 2.00 bits per heavy atom. The van der Waals surface area contributed by atoms with Crippen molar-refractivity contribution >= 4 is 35.0 Å². The van der Waals surface area contributed by atoms with E-state index < -0.39 is 22.6 Å². The number of nitrogens with zero attached hydrogens (tertiary/aromatic N) is 1. The fraction of sp³-hybridized carbons (Fsp3) is 0.273. The van der Waals surface area contributed by atoms with Gasteiger partial charge in [0.25, 0.3) is 0 Å². The molecule has 1 fully saturated rings. The number of alkyl halides is 2. The Balaban J connectivity index is 2.17. The van der Waals surface area contributed by atoms with Crippen LogP contribution < -0.4 is 0 Å². The standard InChI is InChI=1S/C11H9Cl2NO2/c12-8-9(13)11(16)14(10(8)15)6-7-4-2-1-3-5-7/h1-5,8-9H,6H2. The smallest absolute Gasteiger partial charge is 0.249 e. The summed E-state index contributed by atoms with van der Waals surface area (Å²) >= 11 is 11.4. The molecule has 0 N–H and O–H groups in total. The molecule has 2 unspecified atom stereocenters. The Labute approximate surface area is 103 Å². The lowest BCUT2D eigenvalue weighted by molar-refractivity contribution is -0.138. The lowest BCUT2D eigenvalue weighted by Crippen LogP contribution is -2.30. The van der Waals surface area contributed by atoms with E-state index in [0.29, 0.717) is 0 Å². The summed E-state index contributed by atoms with van der Waals surface area (Å²) in [6.45, 7) is 0.227. The molecule has 0 bridgehead atoms. The summed E-state index contributed by atoms with van der Waals surface area (Å²) in [6.07, 6.45) is 0. The number of carbonyl (C=O) groups is 2. The van der Waals surface area contributed by atoms with Crippen LogP contribution in [0.15, 0.2) is 30.3 Å². The normalized spacial score (nSPS) is 25.2. The van der Waals surface area contributed by atoms with E-state index >= 15 is 0 Å². The van der Waals surface area contributed by atoms with Gasteiger partial charge < -0.3 is 0 Å². The first kappa shape index (κ1) is 11.4. The van der Waals surface area contributed by atoms with E-state index in [4.69, 9.17) is 23.2 Å². The van der Waals surface area contributed by atoms with E-state index in [2.05, 4.69) is 0 Å². The molecular weight excluding hydrogens is 249 g/mol. The summed E-state index contributed by atoms with van der Waals surface area (Å²) in [7, 11) is 0. The van der Waals surface area contributed by atoms with Gasteiger partial charge in [0.1, 0.15) is 10.8 Å². The van der Waals surface area contributed by atoms with Crippen LogP contribution in [0.1, 0.15) is 5.56 Å². The van der Waals surface area contributed by atoms with Gasteiger partial charge in [-0.2, -0.15) is 0 Å². The van der Waals surface area contributed by atoms with Crippen LogP contribution in [0.25, 0.3) is 0 Å². The van der Waals surface area contributed by atoms with Crippen molar-refractivity contribution in [1.82, 2.24) is 4.90 Å². The largest absolute Gasteiger partial charge is 0.275 e. The summed E-state index contributed by atoms with van der Waals surface area (Å²) in [6, 6.07) is 9.23. The maximum absolute atomic E-state index is 11.6. The molecule has 1 saturated heterocycles. The van der Waals surface area contributed by atoms with Crippen molar-refractivity contribution in [2.75, 3.05) is 0 Å². The van der Waals surface area contributed by atoms with Crippen LogP contribution in [0.2, 0.25) is 0 Å². The molecule has 2 rings (SSSR count). The van der Waals surface area contributed by atoms with E-state index in [1.807, 2.05) is 30.3 Å². The van der Waals surface area contributed by atoms with Gasteiger partial charge in [-0.05, 0) is 5.56 Å². The molecule has 1 aliphatic rings. The summed E-state index contributed by atoms with van der Waals surface area (Å²) in [5.74, 6) is -0.842. The molecule has 0 aliphatic carbocycles. The van der Waals surface area contributed by atoms with Crippen molar-refractivity contribution in [1.29, 1.82) is 0 Å². The molecule has 1 heterocycles. The van der Waals surface area contributed by atoms with Crippen molar-refractivity contribution < 1.29 is 9.59 Å². The number of imide groups is 1. The Bertz CT molecular complexity index is 401. The van der Waals surface area contributed by atoms with E-state index in [0.717, 1.165) is 10.5 Å². The number of rotatable bonds is 2. The fourth-order valence-electron chi connectivity index (χ4n) is 1.58. The maximum atomic E-state index is 11.6. The molecule has 0 aromatic heterocycles. The van der Waals surface area contributed by atoms with Crippen LogP contribution >= 0.6 is 23.2 Å². The zero-order valence-electron chi connectivity index (χ0n) is 8.27. The van der Waals surface area contributed by atoms with Crippen LogP contribution in [0.5, 0.6) is 0 Å². The highest BCUT2D eigenvalue weighted by atomic mass is 35.5. The van der Waals surface area contributed by atoms with Crippen molar-refractivity contribution in [3.63, 3.8) is 0 Å². The van der Waals surface area contributed by atoms with E-state index in [9.17, 15) is 9.59 Å². The highest BCUT2D eigenvalue weighted by Crippen LogP contribution is 2.25. The van der Waals surface area contributed by atoms with Crippen molar-refractivity contribution in [3.8, 4) is 0 Å². The average Bonchev–Trinajstić information content (AvgIpc) is 2.48. The average molecular weight is 258 g/mol. The molecule has 1 aliphatic heterocycles. The maximum Gasteiger partial charge on any atom is 0.249 e. The van der Waals surface area contributed by atoms with Gasteiger partial charge in [0.15, 0.2) is 0 Å². The molecule has 1 aromatic carbocycles. The summed E-state index contributed by atoms with van der Waals surface area (Å²) in [5, 5.41) is -1.89. The summed E-state index contributed by atoms with van der Waals surface area (Å²) in [4.78, 5) is 24.3. The van der Waals surface area contributed by atoms with E-state index in [-0.39, 0.29) is 6.54 Å². The molecule has 16 heavy (non-hydrogen) atoms. The minimum Gasteiger partial charge on any atom is -0.275 e. The minimum atomic E-state index is -0.946.